The van der Waals surface area contributed by atoms with E-state index in [-0.39, 0.29) is 30.0 Å². The van der Waals surface area contributed by atoms with Gasteiger partial charge in [0, 0.05) is 24.5 Å². The maximum absolute atomic E-state index is 13.4. The van der Waals surface area contributed by atoms with Crippen molar-refractivity contribution < 1.29 is 13.6 Å². The summed E-state index contributed by atoms with van der Waals surface area (Å²) >= 11 is 0. The third-order valence-corrected chi connectivity index (χ3v) is 2.66. The minimum absolute atomic E-state index is 0.00192. The molecule has 1 aromatic heterocycles. The van der Waals surface area contributed by atoms with E-state index in [4.69, 9.17) is 5.73 Å². The van der Waals surface area contributed by atoms with Gasteiger partial charge in [-0.25, -0.2) is 18.7 Å². The van der Waals surface area contributed by atoms with Crippen molar-refractivity contribution in [2.75, 3.05) is 12.3 Å². The lowest BCUT2D eigenvalue weighted by Crippen LogP contribution is -2.28. The van der Waals surface area contributed by atoms with E-state index in [1.165, 1.54) is 30.6 Å². The van der Waals surface area contributed by atoms with E-state index in [0.29, 0.717) is 0 Å². The molecule has 1 heterocycles. The standard InChI is InChI=1S/C13H12F2N4O/c14-9-2-1-3-10(15)8(9)4-5-19-13(20)11-12(16)18-7-6-17-11/h1-3,6-7H,4-5H2,(H2,16,18)(H,19,20). The van der Waals surface area contributed by atoms with Crippen molar-refractivity contribution in [3.05, 3.63) is 53.5 Å². The molecule has 0 saturated heterocycles. The molecule has 1 aromatic carbocycles. The predicted molar refractivity (Wildman–Crippen MR) is 68.8 cm³/mol. The summed E-state index contributed by atoms with van der Waals surface area (Å²) in [5, 5.41) is 2.49. The van der Waals surface area contributed by atoms with Gasteiger partial charge in [0.2, 0.25) is 0 Å². The predicted octanol–water partition coefficient (Wildman–Crippen LogP) is 1.31. The first-order chi connectivity index (χ1) is 9.59. The zero-order valence-corrected chi connectivity index (χ0v) is 10.4. The number of amides is 1. The molecule has 1 amide bonds. The van der Waals surface area contributed by atoms with Crippen LogP contribution in [0.2, 0.25) is 0 Å². The molecule has 5 nitrogen and oxygen atoms in total. The van der Waals surface area contributed by atoms with Crippen molar-refractivity contribution in [3.8, 4) is 0 Å². The van der Waals surface area contributed by atoms with E-state index < -0.39 is 17.5 Å². The number of nitrogens with two attached hydrogens (primary N) is 1. The smallest absolute Gasteiger partial charge is 0.273 e. The lowest BCUT2D eigenvalue weighted by atomic mass is 10.1. The summed E-state index contributed by atoms with van der Waals surface area (Å²) < 4.78 is 26.7. The average Bonchev–Trinajstić information content (AvgIpc) is 2.42. The summed E-state index contributed by atoms with van der Waals surface area (Å²) in [6, 6.07) is 3.62. The summed E-state index contributed by atoms with van der Waals surface area (Å²) in [6.45, 7) is 0.0622. The van der Waals surface area contributed by atoms with Crippen LogP contribution < -0.4 is 11.1 Å². The van der Waals surface area contributed by atoms with E-state index in [1.807, 2.05) is 0 Å². The Labute approximate surface area is 113 Å². The molecule has 0 aliphatic carbocycles. The summed E-state index contributed by atoms with van der Waals surface area (Å²) in [5.41, 5.74) is 5.42. The molecular formula is C13H12F2N4O. The SMILES string of the molecule is Nc1nccnc1C(=O)NCCc1c(F)cccc1F. The van der Waals surface area contributed by atoms with E-state index in [9.17, 15) is 13.6 Å². The number of nitrogens with one attached hydrogen (secondary N) is 1. The summed E-state index contributed by atoms with van der Waals surface area (Å²) in [4.78, 5) is 19.3. The highest BCUT2D eigenvalue weighted by atomic mass is 19.1. The molecule has 0 radical (unpaired) electrons. The van der Waals surface area contributed by atoms with Gasteiger partial charge >= 0.3 is 0 Å². The van der Waals surface area contributed by atoms with Crippen LogP contribution in [0.1, 0.15) is 16.1 Å². The second-order valence-corrected chi connectivity index (χ2v) is 4.00. The number of nitrogen functional groups attached to an aromatic ring is 1. The Morgan fingerprint density at radius 1 is 1.20 bits per heavy atom. The van der Waals surface area contributed by atoms with E-state index in [1.54, 1.807) is 0 Å². The summed E-state index contributed by atoms with van der Waals surface area (Å²) in [7, 11) is 0. The van der Waals surface area contributed by atoms with Gasteiger partial charge < -0.3 is 11.1 Å². The Morgan fingerprint density at radius 3 is 2.50 bits per heavy atom. The molecule has 20 heavy (non-hydrogen) atoms. The highest BCUT2D eigenvalue weighted by Gasteiger charge is 2.13. The van der Waals surface area contributed by atoms with Gasteiger partial charge in [0.1, 0.15) is 11.6 Å². The molecule has 2 rings (SSSR count). The quantitative estimate of drug-likeness (QED) is 0.883. The third kappa shape index (κ3) is 3.05. The lowest BCUT2D eigenvalue weighted by molar-refractivity contribution is 0.0949. The van der Waals surface area contributed by atoms with Crippen molar-refractivity contribution in [2.45, 2.75) is 6.42 Å². The van der Waals surface area contributed by atoms with Gasteiger partial charge in [0.05, 0.1) is 0 Å². The zero-order valence-electron chi connectivity index (χ0n) is 10.4. The first-order valence-electron chi connectivity index (χ1n) is 5.87. The van der Waals surface area contributed by atoms with Crippen LogP contribution in [-0.2, 0) is 6.42 Å². The molecule has 3 N–H and O–H groups in total. The Hall–Kier alpha value is -2.57. The van der Waals surface area contributed by atoms with Gasteiger partial charge in [0.15, 0.2) is 11.5 Å². The normalized spacial score (nSPS) is 10.3. The molecular weight excluding hydrogens is 266 g/mol. The number of hydrogen-bond donors (Lipinski definition) is 2. The Kier molecular flexibility index (Phi) is 4.19. The highest BCUT2D eigenvalue weighted by Crippen LogP contribution is 2.12. The molecule has 0 unspecified atom stereocenters. The molecule has 0 bridgehead atoms. The maximum atomic E-state index is 13.4. The molecule has 0 spiro atoms. The Balaban J connectivity index is 1.97. The van der Waals surface area contributed by atoms with Crippen LogP contribution in [0.15, 0.2) is 30.6 Å². The van der Waals surface area contributed by atoms with Gasteiger partial charge in [-0.2, -0.15) is 0 Å². The molecule has 104 valence electrons. The Morgan fingerprint density at radius 2 is 1.85 bits per heavy atom. The molecule has 0 aliphatic heterocycles. The van der Waals surface area contributed by atoms with E-state index >= 15 is 0 Å². The average molecular weight is 278 g/mol. The molecule has 2 aromatic rings. The van der Waals surface area contributed by atoms with Crippen molar-refractivity contribution >= 4 is 11.7 Å². The van der Waals surface area contributed by atoms with Crippen LogP contribution in [0.3, 0.4) is 0 Å². The Bertz CT molecular complexity index is 613. The van der Waals surface area contributed by atoms with E-state index in [0.717, 1.165) is 0 Å². The van der Waals surface area contributed by atoms with E-state index in [2.05, 4.69) is 15.3 Å². The monoisotopic (exact) mass is 278 g/mol. The third-order valence-electron chi connectivity index (χ3n) is 2.66. The molecule has 7 heteroatoms. The minimum Gasteiger partial charge on any atom is -0.382 e. The fourth-order valence-electron chi connectivity index (χ4n) is 1.68. The number of hydrogen-bond acceptors (Lipinski definition) is 4. The number of aromatic nitrogens is 2. The van der Waals surface area contributed by atoms with Crippen molar-refractivity contribution in [2.24, 2.45) is 0 Å². The number of anilines is 1. The molecule has 0 aliphatic rings. The summed E-state index contributed by atoms with van der Waals surface area (Å²) in [5.74, 6) is -1.81. The maximum Gasteiger partial charge on any atom is 0.273 e. The van der Waals surface area contributed by atoms with Crippen LogP contribution in [0.25, 0.3) is 0 Å². The van der Waals surface area contributed by atoms with Gasteiger partial charge in [-0.15, -0.1) is 0 Å². The number of carbonyl (C=O) groups is 1. The van der Waals surface area contributed by atoms with Gasteiger partial charge in [-0.05, 0) is 18.6 Å². The van der Waals surface area contributed by atoms with Crippen molar-refractivity contribution in [1.82, 2.24) is 15.3 Å². The fraction of sp³-hybridized carbons (Fsp3) is 0.154. The highest BCUT2D eigenvalue weighted by molar-refractivity contribution is 5.96. The second-order valence-electron chi connectivity index (χ2n) is 4.00. The first kappa shape index (κ1) is 13.9. The van der Waals surface area contributed by atoms with Crippen LogP contribution >= 0.6 is 0 Å². The van der Waals surface area contributed by atoms with Gasteiger partial charge in [-0.3, -0.25) is 4.79 Å². The van der Waals surface area contributed by atoms with Crippen LogP contribution in [-0.4, -0.2) is 22.4 Å². The zero-order chi connectivity index (χ0) is 14.5. The minimum atomic E-state index is -0.640. The molecule has 0 saturated carbocycles. The number of benzene rings is 1. The van der Waals surface area contributed by atoms with Gasteiger partial charge in [0.25, 0.3) is 5.91 Å². The largest absolute Gasteiger partial charge is 0.382 e. The van der Waals surface area contributed by atoms with Crippen molar-refractivity contribution in [3.63, 3.8) is 0 Å². The lowest BCUT2D eigenvalue weighted by Gasteiger charge is -2.07. The topological polar surface area (TPSA) is 80.9 Å². The number of nitrogens with zero attached hydrogens (tertiary/aromatic N) is 2. The van der Waals surface area contributed by atoms with Gasteiger partial charge in [-0.1, -0.05) is 6.07 Å². The van der Waals surface area contributed by atoms with Crippen LogP contribution in [0.4, 0.5) is 14.6 Å². The summed E-state index contributed by atoms with van der Waals surface area (Å²) in [6.07, 6.45) is 2.73. The number of carbonyl (C=O) groups excluding carboxylic acids is 1. The van der Waals surface area contributed by atoms with Crippen LogP contribution in [0, 0.1) is 11.6 Å². The first-order valence-corrected chi connectivity index (χ1v) is 5.87. The molecule has 0 fully saturated rings. The number of rotatable bonds is 4. The fourth-order valence-corrected chi connectivity index (χ4v) is 1.68. The molecule has 0 atom stereocenters. The number of halogens is 2. The van der Waals surface area contributed by atoms with Crippen molar-refractivity contribution in [1.29, 1.82) is 0 Å². The van der Waals surface area contributed by atoms with Crippen LogP contribution in [0.5, 0.6) is 0 Å². The second kappa shape index (κ2) is 6.05.